The standard InChI is InChI=1S/C13H15N3O3/c1-19-7-6-16(8-12(17)18)13-10-4-2-3-5-11(10)14-9-15-13/h2-5,9H,6-8H2,1H3,(H,17,18). The van der Waals surface area contributed by atoms with Crippen molar-refractivity contribution in [3.8, 4) is 0 Å². The number of anilines is 1. The maximum Gasteiger partial charge on any atom is 0.323 e. The summed E-state index contributed by atoms with van der Waals surface area (Å²) < 4.78 is 5.01. The Morgan fingerprint density at radius 2 is 2.16 bits per heavy atom. The highest BCUT2D eigenvalue weighted by Gasteiger charge is 2.14. The summed E-state index contributed by atoms with van der Waals surface area (Å²) in [5, 5.41) is 9.83. The van der Waals surface area contributed by atoms with Crippen LogP contribution in [0.4, 0.5) is 5.82 Å². The van der Waals surface area contributed by atoms with Crippen LogP contribution >= 0.6 is 0 Å². The fourth-order valence-corrected chi connectivity index (χ4v) is 1.87. The molecule has 0 aliphatic carbocycles. The van der Waals surface area contributed by atoms with Gasteiger partial charge in [-0.3, -0.25) is 4.79 Å². The first-order valence-corrected chi connectivity index (χ1v) is 5.88. The molecule has 0 unspecified atom stereocenters. The Labute approximate surface area is 110 Å². The second-order valence-electron chi connectivity index (χ2n) is 4.02. The molecule has 0 aliphatic rings. The zero-order chi connectivity index (χ0) is 13.7. The lowest BCUT2D eigenvalue weighted by molar-refractivity contribution is -0.135. The number of fused-ring (bicyclic) bond motifs is 1. The van der Waals surface area contributed by atoms with Gasteiger partial charge < -0.3 is 14.7 Å². The van der Waals surface area contributed by atoms with E-state index in [1.807, 2.05) is 24.3 Å². The topological polar surface area (TPSA) is 75.5 Å². The molecule has 1 N–H and O–H groups in total. The molecule has 0 saturated carbocycles. The Bertz CT molecular complexity index is 569. The van der Waals surface area contributed by atoms with Gasteiger partial charge >= 0.3 is 5.97 Å². The van der Waals surface area contributed by atoms with Crippen LogP contribution < -0.4 is 4.90 Å². The lowest BCUT2D eigenvalue weighted by Crippen LogP contribution is -2.33. The molecule has 0 radical (unpaired) electrons. The number of nitrogens with zero attached hydrogens (tertiary/aromatic N) is 3. The molecular formula is C13H15N3O3. The van der Waals surface area contributed by atoms with Gasteiger partial charge in [0.1, 0.15) is 18.7 Å². The summed E-state index contributed by atoms with van der Waals surface area (Å²) in [6.45, 7) is 0.778. The van der Waals surface area contributed by atoms with Gasteiger partial charge in [-0.05, 0) is 12.1 Å². The summed E-state index contributed by atoms with van der Waals surface area (Å²) in [7, 11) is 1.58. The summed E-state index contributed by atoms with van der Waals surface area (Å²) in [6, 6.07) is 7.52. The molecule has 1 aromatic heterocycles. The van der Waals surface area contributed by atoms with Gasteiger partial charge in [-0.25, -0.2) is 9.97 Å². The number of methoxy groups -OCH3 is 1. The zero-order valence-corrected chi connectivity index (χ0v) is 10.6. The zero-order valence-electron chi connectivity index (χ0n) is 10.6. The minimum absolute atomic E-state index is 0.121. The van der Waals surface area contributed by atoms with E-state index in [1.165, 1.54) is 6.33 Å². The van der Waals surface area contributed by atoms with Crippen molar-refractivity contribution in [1.82, 2.24) is 9.97 Å². The summed E-state index contributed by atoms with van der Waals surface area (Å²) >= 11 is 0. The van der Waals surface area contributed by atoms with Crippen molar-refractivity contribution in [3.63, 3.8) is 0 Å². The number of benzene rings is 1. The number of carboxylic acid groups (broad SMARTS) is 1. The van der Waals surface area contributed by atoms with Gasteiger partial charge in [-0.1, -0.05) is 12.1 Å². The van der Waals surface area contributed by atoms with Crippen LogP contribution in [-0.2, 0) is 9.53 Å². The molecule has 100 valence electrons. The molecule has 2 rings (SSSR count). The molecular weight excluding hydrogens is 246 g/mol. The molecule has 0 aliphatic heterocycles. The average Bonchev–Trinajstić information content (AvgIpc) is 2.42. The number of aliphatic carboxylic acids is 1. The normalized spacial score (nSPS) is 10.6. The monoisotopic (exact) mass is 261 g/mol. The smallest absolute Gasteiger partial charge is 0.323 e. The Morgan fingerprint density at radius 3 is 2.89 bits per heavy atom. The predicted octanol–water partition coefficient (Wildman–Crippen LogP) is 1.17. The van der Waals surface area contributed by atoms with Crippen molar-refractivity contribution in [1.29, 1.82) is 0 Å². The van der Waals surface area contributed by atoms with Crippen LogP contribution in [0.15, 0.2) is 30.6 Å². The first kappa shape index (κ1) is 13.2. The lowest BCUT2D eigenvalue weighted by atomic mass is 10.2. The van der Waals surface area contributed by atoms with Gasteiger partial charge in [0.2, 0.25) is 0 Å². The minimum atomic E-state index is -0.904. The maximum atomic E-state index is 11.0. The first-order valence-electron chi connectivity index (χ1n) is 5.88. The summed E-state index contributed by atoms with van der Waals surface area (Å²) in [5.74, 6) is -0.288. The van der Waals surface area contributed by atoms with Crippen LogP contribution in [0.25, 0.3) is 10.9 Å². The Hall–Kier alpha value is -2.21. The van der Waals surface area contributed by atoms with E-state index in [2.05, 4.69) is 9.97 Å². The van der Waals surface area contributed by atoms with Crippen LogP contribution in [0.5, 0.6) is 0 Å². The van der Waals surface area contributed by atoms with Gasteiger partial charge in [-0.15, -0.1) is 0 Å². The van der Waals surface area contributed by atoms with Crippen molar-refractivity contribution in [2.24, 2.45) is 0 Å². The third-order valence-electron chi connectivity index (χ3n) is 2.71. The molecule has 6 heteroatoms. The third kappa shape index (κ3) is 3.17. The van der Waals surface area contributed by atoms with Crippen LogP contribution in [0, 0.1) is 0 Å². The number of rotatable bonds is 6. The molecule has 0 fully saturated rings. The van der Waals surface area contributed by atoms with Crippen molar-refractivity contribution >= 4 is 22.7 Å². The van der Waals surface area contributed by atoms with E-state index in [0.29, 0.717) is 19.0 Å². The quantitative estimate of drug-likeness (QED) is 0.841. The predicted molar refractivity (Wildman–Crippen MR) is 71.3 cm³/mol. The molecule has 19 heavy (non-hydrogen) atoms. The molecule has 0 amide bonds. The van der Waals surface area contributed by atoms with Crippen molar-refractivity contribution in [2.45, 2.75) is 0 Å². The maximum absolute atomic E-state index is 11.0. The summed E-state index contributed by atoms with van der Waals surface area (Å²) in [5.41, 5.74) is 0.792. The SMILES string of the molecule is COCCN(CC(=O)O)c1ncnc2ccccc12. The number of carboxylic acids is 1. The fourth-order valence-electron chi connectivity index (χ4n) is 1.87. The van der Waals surface area contributed by atoms with Crippen LogP contribution in [0.3, 0.4) is 0 Å². The van der Waals surface area contributed by atoms with E-state index in [-0.39, 0.29) is 6.54 Å². The van der Waals surface area contributed by atoms with E-state index in [4.69, 9.17) is 9.84 Å². The second-order valence-corrected chi connectivity index (χ2v) is 4.02. The lowest BCUT2D eigenvalue weighted by Gasteiger charge is -2.22. The largest absolute Gasteiger partial charge is 0.480 e. The van der Waals surface area contributed by atoms with Gasteiger partial charge in [0.05, 0.1) is 12.1 Å². The summed E-state index contributed by atoms with van der Waals surface area (Å²) in [4.78, 5) is 21.0. The van der Waals surface area contributed by atoms with E-state index in [0.717, 1.165) is 10.9 Å². The van der Waals surface area contributed by atoms with Gasteiger partial charge in [-0.2, -0.15) is 0 Å². The van der Waals surface area contributed by atoms with Crippen molar-refractivity contribution < 1.29 is 14.6 Å². The Morgan fingerprint density at radius 1 is 1.37 bits per heavy atom. The van der Waals surface area contributed by atoms with Crippen molar-refractivity contribution in [2.75, 3.05) is 31.7 Å². The van der Waals surface area contributed by atoms with E-state index in [9.17, 15) is 4.79 Å². The molecule has 0 atom stereocenters. The van der Waals surface area contributed by atoms with Crippen LogP contribution in [-0.4, -0.2) is 47.8 Å². The van der Waals surface area contributed by atoms with Gasteiger partial charge in [0.25, 0.3) is 0 Å². The average molecular weight is 261 g/mol. The molecule has 1 aromatic carbocycles. The molecule has 0 spiro atoms. The van der Waals surface area contributed by atoms with E-state index >= 15 is 0 Å². The van der Waals surface area contributed by atoms with Gasteiger partial charge in [0, 0.05) is 19.0 Å². The van der Waals surface area contributed by atoms with Crippen molar-refractivity contribution in [3.05, 3.63) is 30.6 Å². The highest BCUT2D eigenvalue weighted by atomic mass is 16.5. The molecule has 1 heterocycles. The number of carbonyl (C=O) groups is 1. The summed E-state index contributed by atoms with van der Waals surface area (Å²) in [6.07, 6.45) is 1.44. The van der Waals surface area contributed by atoms with Gasteiger partial charge in [0.15, 0.2) is 0 Å². The Kier molecular flexibility index (Phi) is 4.25. The molecule has 6 nitrogen and oxygen atoms in total. The number of hydrogen-bond donors (Lipinski definition) is 1. The second kappa shape index (κ2) is 6.10. The number of hydrogen-bond acceptors (Lipinski definition) is 5. The highest BCUT2D eigenvalue weighted by Crippen LogP contribution is 2.22. The number of aromatic nitrogens is 2. The minimum Gasteiger partial charge on any atom is -0.480 e. The molecule has 2 aromatic rings. The van der Waals surface area contributed by atoms with Crippen LogP contribution in [0.2, 0.25) is 0 Å². The van der Waals surface area contributed by atoms with E-state index < -0.39 is 5.97 Å². The molecule has 0 bridgehead atoms. The number of para-hydroxylation sites is 1. The Balaban J connectivity index is 2.39. The highest BCUT2D eigenvalue weighted by molar-refractivity contribution is 5.90. The van der Waals surface area contributed by atoms with Crippen LogP contribution in [0.1, 0.15) is 0 Å². The first-order chi connectivity index (χ1) is 9.22. The number of ether oxygens (including phenoxy) is 1. The molecule has 0 saturated heterocycles. The third-order valence-corrected chi connectivity index (χ3v) is 2.71. The van der Waals surface area contributed by atoms with E-state index in [1.54, 1.807) is 12.0 Å². The fraction of sp³-hybridized carbons (Fsp3) is 0.308.